The number of piperidine rings is 1. The van der Waals surface area contributed by atoms with E-state index in [4.69, 9.17) is 5.10 Å². The van der Waals surface area contributed by atoms with E-state index >= 15 is 0 Å². The molecular formula is C31H34N6. The number of allylic oxidation sites excluding steroid dienone is 1. The Morgan fingerprint density at radius 3 is 2.73 bits per heavy atom. The van der Waals surface area contributed by atoms with Crippen molar-refractivity contribution in [1.82, 2.24) is 20.2 Å². The molecule has 4 heterocycles. The van der Waals surface area contributed by atoms with Gasteiger partial charge in [-0.15, -0.1) is 0 Å². The molecule has 1 saturated heterocycles. The van der Waals surface area contributed by atoms with E-state index in [0.29, 0.717) is 0 Å². The van der Waals surface area contributed by atoms with Gasteiger partial charge in [0.1, 0.15) is 5.69 Å². The molecule has 188 valence electrons. The van der Waals surface area contributed by atoms with Gasteiger partial charge >= 0.3 is 0 Å². The van der Waals surface area contributed by atoms with Gasteiger partial charge in [-0.2, -0.15) is 5.10 Å². The van der Waals surface area contributed by atoms with E-state index < -0.39 is 0 Å². The molecule has 3 N–H and O–H groups in total. The van der Waals surface area contributed by atoms with Gasteiger partial charge in [-0.05, 0) is 74.1 Å². The van der Waals surface area contributed by atoms with Crippen molar-refractivity contribution in [3.05, 3.63) is 73.2 Å². The van der Waals surface area contributed by atoms with Crippen molar-refractivity contribution >= 4 is 33.2 Å². The summed E-state index contributed by atoms with van der Waals surface area (Å²) >= 11 is 0. The van der Waals surface area contributed by atoms with Crippen LogP contribution in [-0.2, 0) is 0 Å². The van der Waals surface area contributed by atoms with Gasteiger partial charge in [-0.1, -0.05) is 32.1 Å². The van der Waals surface area contributed by atoms with Crippen LogP contribution in [0, 0.1) is 0 Å². The maximum Gasteiger partial charge on any atom is 0.116 e. The summed E-state index contributed by atoms with van der Waals surface area (Å²) in [5.74, 6) is 0. The molecule has 0 amide bonds. The van der Waals surface area contributed by atoms with Crippen LogP contribution >= 0.6 is 0 Å². The minimum absolute atomic E-state index is 0.938. The SMILES string of the molecule is C=C(CCCC)Nc1cncc(-c2ccc3[nH]nc(-c4cc5c(N6CCCCC6)cccc5[nH]4)c3c2)c1. The zero-order valence-corrected chi connectivity index (χ0v) is 21.5. The third-order valence-electron chi connectivity index (χ3n) is 7.38. The summed E-state index contributed by atoms with van der Waals surface area (Å²) in [6.45, 7) is 8.61. The highest BCUT2D eigenvalue weighted by atomic mass is 15.1. The van der Waals surface area contributed by atoms with Gasteiger partial charge in [0.25, 0.3) is 0 Å². The first kappa shape index (κ1) is 23.3. The summed E-state index contributed by atoms with van der Waals surface area (Å²) in [7, 11) is 0. The lowest BCUT2D eigenvalue weighted by Gasteiger charge is -2.29. The van der Waals surface area contributed by atoms with Crippen LogP contribution in [0.5, 0.6) is 0 Å². The fourth-order valence-electron chi connectivity index (χ4n) is 5.40. The van der Waals surface area contributed by atoms with Crippen LogP contribution in [0.2, 0.25) is 0 Å². The number of unbranched alkanes of at least 4 members (excludes halogenated alkanes) is 1. The molecule has 1 fully saturated rings. The molecule has 0 saturated carbocycles. The Bertz CT molecular complexity index is 1550. The van der Waals surface area contributed by atoms with E-state index in [1.165, 1.54) is 30.3 Å². The number of aromatic amines is 2. The van der Waals surface area contributed by atoms with Crippen LogP contribution in [0.4, 0.5) is 11.4 Å². The molecule has 6 heteroatoms. The summed E-state index contributed by atoms with van der Waals surface area (Å²) in [4.78, 5) is 10.6. The van der Waals surface area contributed by atoms with E-state index in [0.717, 1.165) is 82.7 Å². The average Bonchev–Trinajstić information content (AvgIpc) is 3.56. The predicted molar refractivity (Wildman–Crippen MR) is 155 cm³/mol. The monoisotopic (exact) mass is 490 g/mol. The molecule has 0 unspecified atom stereocenters. The number of fused-ring (bicyclic) bond motifs is 2. The van der Waals surface area contributed by atoms with Crippen molar-refractivity contribution < 1.29 is 0 Å². The Morgan fingerprint density at radius 2 is 1.86 bits per heavy atom. The predicted octanol–water partition coefficient (Wildman–Crippen LogP) is 7.88. The van der Waals surface area contributed by atoms with E-state index in [-0.39, 0.29) is 0 Å². The van der Waals surface area contributed by atoms with Crippen molar-refractivity contribution in [3.63, 3.8) is 0 Å². The molecule has 37 heavy (non-hydrogen) atoms. The number of pyridine rings is 1. The van der Waals surface area contributed by atoms with E-state index in [1.807, 2.05) is 12.4 Å². The Balaban J connectivity index is 1.34. The summed E-state index contributed by atoms with van der Waals surface area (Å²) in [5.41, 5.74) is 9.61. The Labute approximate surface area is 217 Å². The van der Waals surface area contributed by atoms with Gasteiger partial charge in [0.15, 0.2) is 0 Å². The maximum absolute atomic E-state index is 4.71. The number of benzene rings is 2. The molecule has 0 aliphatic carbocycles. The van der Waals surface area contributed by atoms with Crippen LogP contribution in [0.25, 0.3) is 44.3 Å². The second kappa shape index (κ2) is 10.1. The van der Waals surface area contributed by atoms with E-state index in [1.54, 1.807) is 0 Å². The molecule has 6 nitrogen and oxygen atoms in total. The number of aromatic nitrogens is 4. The lowest BCUT2D eigenvalue weighted by Crippen LogP contribution is -2.29. The van der Waals surface area contributed by atoms with Crippen molar-refractivity contribution in [2.24, 2.45) is 0 Å². The number of H-pyrrole nitrogens is 2. The largest absolute Gasteiger partial charge is 0.371 e. The topological polar surface area (TPSA) is 72.6 Å². The molecule has 5 aromatic rings. The standard InChI is InChI=1S/C31H34N6/c1-3-4-9-21(2)33-24-16-23(19-32-20-24)22-12-13-28-26(17-22)31(36-35-28)29-18-25-27(34-29)10-8-11-30(25)37-14-6-5-7-15-37/h8,10-13,16-20,33-34H,2-7,9,14-15H2,1H3,(H,35,36). The summed E-state index contributed by atoms with van der Waals surface area (Å²) in [6.07, 6.45) is 10.9. The Morgan fingerprint density at radius 1 is 0.973 bits per heavy atom. The lowest BCUT2D eigenvalue weighted by atomic mass is 10.0. The van der Waals surface area contributed by atoms with Crippen LogP contribution < -0.4 is 10.2 Å². The first-order chi connectivity index (χ1) is 18.2. The van der Waals surface area contributed by atoms with Gasteiger partial charge in [0, 0.05) is 52.5 Å². The first-order valence-electron chi connectivity index (χ1n) is 13.4. The molecule has 1 aliphatic rings. The molecular weight excluding hydrogens is 456 g/mol. The first-order valence-corrected chi connectivity index (χ1v) is 13.4. The second-order valence-corrected chi connectivity index (χ2v) is 10.1. The molecule has 0 radical (unpaired) electrons. The zero-order chi connectivity index (χ0) is 25.2. The van der Waals surface area contributed by atoms with E-state index in [2.05, 4.69) is 87.3 Å². The number of hydrogen-bond donors (Lipinski definition) is 3. The number of nitrogens with zero attached hydrogens (tertiary/aromatic N) is 3. The van der Waals surface area contributed by atoms with Crippen molar-refractivity contribution in [2.45, 2.75) is 45.4 Å². The highest BCUT2D eigenvalue weighted by Gasteiger charge is 2.17. The number of hydrogen-bond acceptors (Lipinski definition) is 4. The van der Waals surface area contributed by atoms with Gasteiger partial charge in [-0.25, -0.2) is 0 Å². The minimum Gasteiger partial charge on any atom is -0.371 e. The molecule has 2 aromatic carbocycles. The van der Waals surface area contributed by atoms with Gasteiger partial charge in [0.2, 0.25) is 0 Å². The third-order valence-corrected chi connectivity index (χ3v) is 7.38. The molecule has 0 atom stereocenters. The van der Waals surface area contributed by atoms with Crippen molar-refractivity contribution in [3.8, 4) is 22.5 Å². The van der Waals surface area contributed by atoms with Gasteiger partial charge < -0.3 is 15.2 Å². The minimum atomic E-state index is 0.938. The third kappa shape index (κ3) is 4.71. The zero-order valence-electron chi connectivity index (χ0n) is 21.5. The smallest absolute Gasteiger partial charge is 0.116 e. The highest BCUT2D eigenvalue weighted by molar-refractivity contribution is 6.01. The Hall–Kier alpha value is -4.06. The summed E-state index contributed by atoms with van der Waals surface area (Å²) in [5, 5.41) is 13.7. The Kier molecular flexibility index (Phi) is 6.39. The average molecular weight is 491 g/mol. The van der Waals surface area contributed by atoms with Crippen LogP contribution in [0.3, 0.4) is 0 Å². The number of anilines is 2. The molecule has 6 rings (SSSR count). The summed E-state index contributed by atoms with van der Waals surface area (Å²) < 4.78 is 0. The van der Waals surface area contributed by atoms with Gasteiger partial charge in [0.05, 0.1) is 23.1 Å². The van der Waals surface area contributed by atoms with Crippen molar-refractivity contribution in [2.75, 3.05) is 23.3 Å². The fraction of sp³-hybridized carbons (Fsp3) is 0.290. The van der Waals surface area contributed by atoms with E-state index in [9.17, 15) is 0 Å². The highest BCUT2D eigenvalue weighted by Crippen LogP contribution is 2.35. The number of nitrogens with one attached hydrogen (secondary N) is 3. The molecule has 0 bridgehead atoms. The molecule has 3 aromatic heterocycles. The lowest BCUT2D eigenvalue weighted by molar-refractivity contribution is 0.579. The maximum atomic E-state index is 4.71. The number of rotatable bonds is 8. The van der Waals surface area contributed by atoms with Gasteiger partial charge in [-0.3, -0.25) is 10.1 Å². The molecule has 0 spiro atoms. The summed E-state index contributed by atoms with van der Waals surface area (Å²) in [6, 6.07) is 17.4. The van der Waals surface area contributed by atoms with Crippen molar-refractivity contribution in [1.29, 1.82) is 0 Å². The van der Waals surface area contributed by atoms with Crippen LogP contribution in [0.1, 0.15) is 45.4 Å². The quantitative estimate of drug-likeness (QED) is 0.207. The van der Waals surface area contributed by atoms with Crippen LogP contribution in [0.15, 0.2) is 73.2 Å². The fourth-order valence-corrected chi connectivity index (χ4v) is 5.40. The normalized spacial score (nSPS) is 13.9. The van der Waals surface area contributed by atoms with Crippen LogP contribution in [-0.4, -0.2) is 33.3 Å². The molecule has 1 aliphatic heterocycles. The second-order valence-electron chi connectivity index (χ2n) is 10.1.